The van der Waals surface area contributed by atoms with Crippen LogP contribution < -0.4 is 0 Å². The molecule has 0 unspecified atom stereocenters. The predicted molar refractivity (Wildman–Crippen MR) is 82.0 cm³/mol. The number of aryl methyl sites for hydroxylation is 1. The molecule has 0 saturated heterocycles. The van der Waals surface area contributed by atoms with Gasteiger partial charge < -0.3 is 9.67 Å². The summed E-state index contributed by atoms with van der Waals surface area (Å²) in [4.78, 5) is 11.3. The van der Waals surface area contributed by atoms with Crippen molar-refractivity contribution in [2.75, 3.05) is 0 Å². The van der Waals surface area contributed by atoms with Crippen LogP contribution in [-0.2, 0) is 0 Å². The molecule has 0 aliphatic carbocycles. The molecule has 2 aromatic rings. The van der Waals surface area contributed by atoms with Gasteiger partial charge in [0.05, 0.1) is 10.7 Å². The lowest BCUT2D eigenvalue weighted by Gasteiger charge is -2.17. The van der Waals surface area contributed by atoms with Crippen LogP contribution in [0.1, 0.15) is 35.9 Å². The Bertz CT molecular complexity index is 675. The summed E-state index contributed by atoms with van der Waals surface area (Å²) in [6.45, 7) is 5.74. The molecule has 0 aliphatic rings. The van der Waals surface area contributed by atoms with Crippen molar-refractivity contribution < 1.29 is 9.90 Å². The van der Waals surface area contributed by atoms with E-state index < -0.39 is 5.97 Å². The van der Waals surface area contributed by atoms with E-state index in [4.69, 9.17) is 23.2 Å². The van der Waals surface area contributed by atoms with E-state index in [2.05, 4.69) is 0 Å². The zero-order valence-corrected chi connectivity index (χ0v) is 13.0. The number of hydrogen-bond acceptors (Lipinski definition) is 1. The Labute approximate surface area is 127 Å². The maximum Gasteiger partial charge on any atom is 0.352 e. The van der Waals surface area contributed by atoms with Crippen molar-refractivity contribution in [2.24, 2.45) is 0 Å². The first-order valence-electron chi connectivity index (χ1n) is 6.23. The molecule has 3 nitrogen and oxygen atoms in total. The summed E-state index contributed by atoms with van der Waals surface area (Å²) in [6, 6.07) is 6.91. The molecule has 106 valence electrons. The third-order valence-electron chi connectivity index (χ3n) is 3.18. The maximum absolute atomic E-state index is 11.3. The SMILES string of the molecule is Cc1cc(Cl)c(-c2ccc(C(=O)O)n2C(C)C)cc1Cl. The lowest BCUT2D eigenvalue weighted by atomic mass is 10.1. The first kappa shape index (κ1) is 14.9. The number of carboxylic acids is 1. The first-order valence-corrected chi connectivity index (χ1v) is 6.99. The van der Waals surface area contributed by atoms with E-state index >= 15 is 0 Å². The number of carboxylic acid groups (broad SMARTS) is 1. The molecule has 0 bridgehead atoms. The largest absolute Gasteiger partial charge is 0.477 e. The van der Waals surface area contributed by atoms with Gasteiger partial charge in [-0.2, -0.15) is 0 Å². The van der Waals surface area contributed by atoms with Crippen molar-refractivity contribution in [3.8, 4) is 11.3 Å². The van der Waals surface area contributed by atoms with Crippen molar-refractivity contribution in [2.45, 2.75) is 26.8 Å². The minimum Gasteiger partial charge on any atom is -0.477 e. The molecule has 1 aromatic heterocycles. The molecular formula is C15H15Cl2NO2. The van der Waals surface area contributed by atoms with Gasteiger partial charge >= 0.3 is 5.97 Å². The van der Waals surface area contributed by atoms with E-state index in [9.17, 15) is 9.90 Å². The van der Waals surface area contributed by atoms with Crippen LogP contribution in [0.4, 0.5) is 0 Å². The smallest absolute Gasteiger partial charge is 0.352 e. The highest BCUT2D eigenvalue weighted by atomic mass is 35.5. The van der Waals surface area contributed by atoms with Gasteiger partial charge in [-0.05, 0) is 50.6 Å². The third kappa shape index (κ3) is 2.56. The first-order chi connectivity index (χ1) is 9.32. The highest BCUT2D eigenvalue weighted by Gasteiger charge is 2.19. The fourth-order valence-corrected chi connectivity index (χ4v) is 2.72. The van der Waals surface area contributed by atoms with Gasteiger partial charge in [-0.15, -0.1) is 0 Å². The topological polar surface area (TPSA) is 42.2 Å². The Morgan fingerprint density at radius 3 is 2.40 bits per heavy atom. The van der Waals surface area contributed by atoms with Crippen molar-refractivity contribution in [3.05, 3.63) is 45.6 Å². The zero-order valence-electron chi connectivity index (χ0n) is 11.4. The van der Waals surface area contributed by atoms with E-state index in [1.807, 2.05) is 20.8 Å². The Morgan fingerprint density at radius 1 is 1.20 bits per heavy atom. The molecule has 0 radical (unpaired) electrons. The van der Waals surface area contributed by atoms with E-state index in [0.717, 1.165) is 16.8 Å². The molecule has 2 rings (SSSR count). The molecule has 1 heterocycles. The summed E-state index contributed by atoms with van der Waals surface area (Å²) in [7, 11) is 0. The Morgan fingerprint density at radius 2 is 1.85 bits per heavy atom. The molecule has 20 heavy (non-hydrogen) atoms. The monoisotopic (exact) mass is 311 g/mol. The Hall–Kier alpha value is -1.45. The third-order valence-corrected chi connectivity index (χ3v) is 3.90. The van der Waals surface area contributed by atoms with E-state index in [1.54, 1.807) is 28.8 Å². The van der Waals surface area contributed by atoms with Crippen LogP contribution in [-0.4, -0.2) is 15.6 Å². The second-order valence-corrected chi connectivity index (χ2v) is 5.77. The predicted octanol–water partition coefficient (Wildman–Crippen LogP) is 5.05. The summed E-state index contributed by atoms with van der Waals surface area (Å²) in [5, 5.41) is 10.4. The van der Waals surface area contributed by atoms with E-state index in [1.165, 1.54) is 0 Å². The maximum atomic E-state index is 11.3. The van der Waals surface area contributed by atoms with Crippen LogP contribution in [0.15, 0.2) is 24.3 Å². The number of nitrogens with zero attached hydrogens (tertiary/aromatic N) is 1. The second-order valence-electron chi connectivity index (χ2n) is 4.95. The van der Waals surface area contributed by atoms with Gasteiger partial charge in [0.2, 0.25) is 0 Å². The highest BCUT2D eigenvalue weighted by molar-refractivity contribution is 6.35. The molecular weight excluding hydrogens is 297 g/mol. The molecule has 0 atom stereocenters. The van der Waals surface area contributed by atoms with Gasteiger partial charge in [0.1, 0.15) is 5.69 Å². The fourth-order valence-electron chi connectivity index (χ4n) is 2.24. The Kier molecular flexibility index (Phi) is 4.11. The van der Waals surface area contributed by atoms with Crippen molar-refractivity contribution in [1.82, 2.24) is 4.57 Å². The van der Waals surface area contributed by atoms with Gasteiger partial charge in [-0.1, -0.05) is 23.2 Å². The molecule has 0 fully saturated rings. The summed E-state index contributed by atoms with van der Waals surface area (Å²) < 4.78 is 1.75. The summed E-state index contributed by atoms with van der Waals surface area (Å²) in [5.41, 5.74) is 2.62. The van der Waals surface area contributed by atoms with Crippen LogP contribution in [0.25, 0.3) is 11.3 Å². The van der Waals surface area contributed by atoms with Crippen LogP contribution in [0.5, 0.6) is 0 Å². The van der Waals surface area contributed by atoms with Crippen LogP contribution in [0.3, 0.4) is 0 Å². The summed E-state index contributed by atoms with van der Waals surface area (Å²) in [6.07, 6.45) is 0. The van der Waals surface area contributed by atoms with Gasteiger partial charge in [0.25, 0.3) is 0 Å². The molecule has 0 saturated carbocycles. The molecule has 1 aromatic carbocycles. The van der Waals surface area contributed by atoms with Gasteiger partial charge in [0.15, 0.2) is 0 Å². The van der Waals surface area contributed by atoms with Crippen LogP contribution >= 0.6 is 23.2 Å². The average molecular weight is 312 g/mol. The molecule has 5 heteroatoms. The van der Waals surface area contributed by atoms with E-state index in [0.29, 0.717) is 10.0 Å². The van der Waals surface area contributed by atoms with Crippen LogP contribution in [0, 0.1) is 6.92 Å². The van der Waals surface area contributed by atoms with Crippen LogP contribution in [0.2, 0.25) is 10.0 Å². The molecule has 1 N–H and O–H groups in total. The minimum atomic E-state index is -0.959. The average Bonchev–Trinajstić information content (AvgIpc) is 2.78. The lowest BCUT2D eigenvalue weighted by Crippen LogP contribution is -2.11. The second kappa shape index (κ2) is 5.51. The molecule has 0 aliphatic heterocycles. The number of benzene rings is 1. The quantitative estimate of drug-likeness (QED) is 0.861. The lowest BCUT2D eigenvalue weighted by molar-refractivity contribution is 0.0683. The van der Waals surface area contributed by atoms with E-state index in [-0.39, 0.29) is 11.7 Å². The number of aromatic carboxylic acids is 1. The number of hydrogen-bond donors (Lipinski definition) is 1. The normalized spacial score (nSPS) is 11.1. The molecule has 0 spiro atoms. The minimum absolute atomic E-state index is 0.00208. The fraction of sp³-hybridized carbons (Fsp3) is 0.267. The summed E-state index contributed by atoms with van der Waals surface area (Å²) in [5.74, 6) is -0.959. The zero-order chi connectivity index (χ0) is 15.0. The van der Waals surface area contributed by atoms with Gasteiger partial charge in [-0.25, -0.2) is 4.79 Å². The van der Waals surface area contributed by atoms with Gasteiger partial charge in [-0.3, -0.25) is 0 Å². The summed E-state index contributed by atoms with van der Waals surface area (Å²) >= 11 is 12.4. The number of rotatable bonds is 3. The number of carbonyl (C=O) groups is 1. The highest BCUT2D eigenvalue weighted by Crippen LogP contribution is 2.35. The van der Waals surface area contributed by atoms with Gasteiger partial charge in [0, 0.05) is 16.6 Å². The Balaban J connectivity index is 2.70. The van der Waals surface area contributed by atoms with Crippen molar-refractivity contribution in [3.63, 3.8) is 0 Å². The van der Waals surface area contributed by atoms with Crippen molar-refractivity contribution in [1.29, 1.82) is 0 Å². The number of halogens is 2. The number of aromatic nitrogens is 1. The molecule has 0 amide bonds. The van der Waals surface area contributed by atoms with Crippen molar-refractivity contribution >= 4 is 29.2 Å². The standard InChI is InChI=1S/C15H15Cl2NO2/c1-8(2)18-13(4-5-14(18)15(19)20)10-7-11(16)9(3)6-12(10)17/h4-8H,1-3H3,(H,19,20).